The zero-order chi connectivity index (χ0) is 12.8. The molecule has 6 heteroatoms. The van der Waals surface area contributed by atoms with E-state index in [2.05, 4.69) is 5.32 Å². The molecule has 94 valence electrons. The Morgan fingerprint density at radius 2 is 2.24 bits per heavy atom. The number of thiophene rings is 1. The smallest absolute Gasteiger partial charge is 0.251 e. The van der Waals surface area contributed by atoms with E-state index in [4.69, 9.17) is 11.5 Å². The molecule has 1 heterocycles. The number of rotatable bonds is 6. The molecule has 1 aromatic rings. The first kappa shape index (κ1) is 13.7. The zero-order valence-corrected chi connectivity index (χ0v) is 10.5. The molecule has 0 saturated carbocycles. The van der Waals surface area contributed by atoms with Gasteiger partial charge in [0.05, 0.1) is 11.5 Å². The van der Waals surface area contributed by atoms with Crippen molar-refractivity contribution in [2.45, 2.75) is 19.8 Å². The highest BCUT2D eigenvalue weighted by molar-refractivity contribution is 7.14. The van der Waals surface area contributed by atoms with E-state index in [0.29, 0.717) is 17.1 Å². The van der Waals surface area contributed by atoms with Crippen LogP contribution in [0, 0.1) is 5.92 Å². The molecule has 0 spiro atoms. The number of hydrogen-bond donors (Lipinski definition) is 3. The van der Waals surface area contributed by atoms with E-state index in [0.717, 1.165) is 12.8 Å². The van der Waals surface area contributed by atoms with Gasteiger partial charge in [-0.05, 0) is 17.9 Å². The lowest BCUT2D eigenvalue weighted by Gasteiger charge is -2.13. The molecule has 1 rings (SSSR count). The van der Waals surface area contributed by atoms with Gasteiger partial charge < -0.3 is 16.8 Å². The van der Waals surface area contributed by atoms with Gasteiger partial charge in [-0.3, -0.25) is 9.59 Å². The van der Waals surface area contributed by atoms with Crippen molar-refractivity contribution in [1.29, 1.82) is 0 Å². The van der Waals surface area contributed by atoms with Crippen LogP contribution in [0.4, 0.5) is 5.00 Å². The molecule has 1 unspecified atom stereocenters. The first-order valence-electron chi connectivity index (χ1n) is 5.48. The van der Waals surface area contributed by atoms with Crippen molar-refractivity contribution >= 4 is 28.2 Å². The Labute approximate surface area is 104 Å². The predicted molar refractivity (Wildman–Crippen MR) is 68.9 cm³/mol. The molecular formula is C11H17N3O2S. The van der Waals surface area contributed by atoms with Crippen LogP contribution in [0.3, 0.4) is 0 Å². The molecule has 1 atom stereocenters. The minimum absolute atomic E-state index is 0.153. The van der Waals surface area contributed by atoms with E-state index < -0.39 is 5.91 Å². The number of nitrogens with two attached hydrogens (primary N) is 2. The number of amides is 2. The Hall–Kier alpha value is -1.40. The molecule has 0 fully saturated rings. The quantitative estimate of drug-likeness (QED) is 0.711. The molecule has 5 nitrogen and oxygen atoms in total. The highest BCUT2D eigenvalue weighted by Crippen LogP contribution is 2.23. The van der Waals surface area contributed by atoms with Crippen LogP contribution in [-0.4, -0.2) is 18.4 Å². The van der Waals surface area contributed by atoms with Crippen LogP contribution < -0.4 is 16.8 Å². The summed E-state index contributed by atoms with van der Waals surface area (Å²) in [7, 11) is 0. The van der Waals surface area contributed by atoms with Crippen LogP contribution in [0.1, 0.15) is 30.1 Å². The predicted octanol–water partition coefficient (Wildman–Crippen LogP) is 1.16. The Bertz CT molecular complexity index is 403. The molecule has 17 heavy (non-hydrogen) atoms. The fraction of sp³-hybridized carbons (Fsp3) is 0.455. The Morgan fingerprint density at radius 3 is 2.76 bits per heavy atom. The van der Waals surface area contributed by atoms with Crippen molar-refractivity contribution < 1.29 is 9.59 Å². The van der Waals surface area contributed by atoms with Crippen LogP contribution in [0.15, 0.2) is 11.4 Å². The van der Waals surface area contributed by atoms with Gasteiger partial charge in [-0.2, -0.15) is 0 Å². The van der Waals surface area contributed by atoms with Crippen molar-refractivity contribution in [1.82, 2.24) is 0 Å². The van der Waals surface area contributed by atoms with Crippen LogP contribution in [0.2, 0.25) is 0 Å². The van der Waals surface area contributed by atoms with Crippen LogP contribution in [-0.2, 0) is 4.79 Å². The Kier molecular flexibility index (Phi) is 5.11. The van der Waals surface area contributed by atoms with Crippen molar-refractivity contribution in [3.63, 3.8) is 0 Å². The van der Waals surface area contributed by atoms with Gasteiger partial charge in [-0.1, -0.05) is 13.3 Å². The average molecular weight is 255 g/mol. The number of nitrogens with one attached hydrogen (secondary N) is 1. The summed E-state index contributed by atoms with van der Waals surface area (Å²) in [6, 6.07) is 1.60. The molecule has 0 bridgehead atoms. The van der Waals surface area contributed by atoms with Gasteiger partial charge in [-0.15, -0.1) is 11.3 Å². The van der Waals surface area contributed by atoms with E-state index >= 15 is 0 Å². The van der Waals surface area contributed by atoms with E-state index in [9.17, 15) is 9.59 Å². The summed E-state index contributed by atoms with van der Waals surface area (Å²) >= 11 is 1.28. The molecule has 5 N–H and O–H groups in total. The lowest BCUT2D eigenvalue weighted by Crippen LogP contribution is -2.29. The Morgan fingerprint density at radius 1 is 1.53 bits per heavy atom. The summed E-state index contributed by atoms with van der Waals surface area (Å²) in [5.74, 6) is -0.913. The summed E-state index contributed by atoms with van der Waals surface area (Å²) in [4.78, 5) is 23.0. The van der Waals surface area contributed by atoms with Crippen molar-refractivity contribution in [2.24, 2.45) is 17.4 Å². The maximum atomic E-state index is 11.9. The summed E-state index contributed by atoms with van der Waals surface area (Å²) in [5.41, 5.74) is 11.1. The molecule has 0 saturated heterocycles. The molecule has 0 aliphatic heterocycles. The van der Waals surface area contributed by atoms with Crippen molar-refractivity contribution in [2.75, 3.05) is 11.9 Å². The fourth-order valence-electron chi connectivity index (χ4n) is 1.52. The van der Waals surface area contributed by atoms with Crippen LogP contribution in [0.5, 0.6) is 0 Å². The molecular weight excluding hydrogens is 238 g/mol. The maximum Gasteiger partial charge on any atom is 0.251 e. The normalized spacial score (nSPS) is 12.1. The first-order chi connectivity index (χ1) is 8.10. The summed E-state index contributed by atoms with van der Waals surface area (Å²) < 4.78 is 0. The topological polar surface area (TPSA) is 98.2 Å². The van der Waals surface area contributed by atoms with Crippen LogP contribution >= 0.6 is 11.3 Å². The molecule has 1 aromatic heterocycles. The highest BCUT2D eigenvalue weighted by Gasteiger charge is 2.18. The van der Waals surface area contributed by atoms with Gasteiger partial charge >= 0.3 is 0 Å². The van der Waals surface area contributed by atoms with E-state index in [1.807, 2.05) is 6.92 Å². The minimum Gasteiger partial charge on any atom is -0.366 e. The largest absolute Gasteiger partial charge is 0.366 e. The molecule has 0 radical (unpaired) electrons. The number of carbonyl (C=O) groups excluding carboxylic acids is 2. The summed E-state index contributed by atoms with van der Waals surface area (Å²) in [5, 5.41) is 4.92. The number of hydrogen-bond acceptors (Lipinski definition) is 4. The van der Waals surface area contributed by atoms with Crippen molar-refractivity contribution in [3.8, 4) is 0 Å². The number of anilines is 1. The van der Waals surface area contributed by atoms with Gasteiger partial charge in [0.2, 0.25) is 5.91 Å². The van der Waals surface area contributed by atoms with Gasteiger partial charge in [-0.25, -0.2) is 0 Å². The number of carbonyl (C=O) groups is 2. The monoisotopic (exact) mass is 255 g/mol. The SMILES string of the molecule is CCCC(CN)C(=O)Nc1sccc1C(N)=O. The third kappa shape index (κ3) is 3.54. The van der Waals surface area contributed by atoms with E-state index in [1.165, 1.54) is 11.3 Å². The second-order valence-corrected chi connectivity index (χ2v) is 4.65. The standard InChI is InChI=1S/C11H17N3O2S/c1-2-3-7(6-12)10(16)14-11-8(9(13)15)4-5-17-11/h4-5,7H,2-3,6,12H2,1H3,(H2,13,15)(H,14,16). The third-order valence-corrected chi connectivity index (χ3v) is 3.29. The molecule has 0 aliphatic carbocycles. The first-order valence-corrected chi connectivity index (χ1v) is 6.36. The summed E-state index contributed by atoms with van der Waals surface area (Å²) in [6.07, 6.45) is 1.63. The van der Waals surface area contributed by atoms with Crippen molar-refractivity contribution in [3.05, 3.63) is 17.0 Å². The second-order valence-electron chi connectivity index (χ2n) is 3.74. The molecule has 0 aliphatic rings. The van der Waals surface area contributed by atoms with Gasteiger partial charge in [0.25, 0.3) is 5.91 Å². The van der Waals surface area contributed by atoms with Gasteiger partial charge in [0, 0.05) is 6.54 Å². The van der Waals surface area contributed by atoms with Gasteiger partial charge in [0.1, 0.15) is 5.00 Å². The zero-order valence-electron chi connectivity index (χ0n) is 9.73. The molecule has 2 amide bonds. The van der Waals surface area contributed by atoms with E-state index in [1.54, 1.807) is 11.4 Å². The average Bonchev–Trinajstić information content (AvgIpc) is 2.73. The minimum atomic E-state index is -0.540. The van der Waals surface area contributed by atoms with E-state index in [-0.39, 0.29) is 11.8 Å². The second kappa shape index (κ2) is 6.36. The third-order valence-electron chi connectivity index (χ3n) is 2.46. The van der Waals surface area contributed by atoms with Gasteiger partial charge in [0.15, 0.2) is 0 Å². The summed E-state index contributed by atoms with van der Waals surface area (Å²) in [6.45, 7) is 2.30. The van der Waals surface area contributed by atoms with Crippen LogP contribution in [0.25, 0.3) is 0 Å². The lowest BCUT2D eigenvalue weighted by molar-refractivity contribution is -0.119. The lowest BCUT2D eigenvalue weighted by atomic mass is 10.0. The Balaban J connectivity index is 2.73. The maximum absolute atomic E-state index is 11.9. The highest BCUT2D eigenvalue weighted by atomic mass is 32.1. The number of primary amides is 1. The molecule has 0 aromatic carbocycles. The fourth-order valence-corrected chi connectivity index (χ4v) is 2.31.